The van der Waals surface area contributed by atoms with Crippen molar-refractivity contribution in [3.8, 4) is 0 Å². The molecule has 0 saturated carbocycles. The van der Waals surface area contributed by atoms with Crippen molar-refractivity contribution in [2.45, 2.75) is 6.42 Å². The molecule has 130 valence electrons. The third kappa shape index (κ3) is 3.84. The Morgan fingerprint density at radius 3 is 2.08 bits per heavy atom. The molecule has 1 saturated heterocycles. The van der Waals surface area contributed by atoms with Gasteiger partial charge in [0.15, 0.2) is 0 Å². The van der Waals surface area contributed by atoms with E-state index in [9.17, 15) is 18.4 Å². The lowest BCUT2D eigenvalue weighted by Gasteiger charge is -2.22. The summed E-state index contributed by atoms with van der Waals surface area (Å²) in [6, 6.07) is 11.9. The molecule has 0 aromatic heterocycles. The van der Waals surface area contributed by atoms with Crippen LogP contribution in [-0.2, 0) is 0 Å². The Morgan fingerprint density at radius 1 is 0.800 bits per heavy atom. The van der Waals surface area contributed by atoms with Crippen LogP contribution in [0.2, 0.25) is 0 Å². The average molecular weight is 344 g/mol. The van der Waals surface area contributed by atoms with Crippen LogP contribution in [0.15, 0.2) is 48.5 Å². The number of amides is 2. The van der Waals surface area contributed by atoms with E-state index in [1.54, 1.807) is 29.2 Å². The number of carbonyl (C=O) groups excluding carboxylic acids is 2. The molecule has 0 atom stereocenters. The summed E-state index contributed by atoms with van der Waals surface area (Å²) in [6.45, 7) is 1.65. The minimum Gasteiger partial charge on any atom is -0.337 e. The molecule has 2 aromatic rings. The minimum absolute atomic E-state index is 0.0807. The van der Waals surface area contributed by atoms with E-state index in [1.165, 1.54) is 4.90 Å². The van der Waals surface area contributed by atoms with Gasteiger partial charge in [0.25, 0.3) is 11.8 Å². The standard InChI is InChI=1S/C19H18F2N2O2/c20-15-7-8-16(17(21)13-15)19(25)23-10-4-9-22(11-12-23)18(24)14-5-2-1-3-6-14/h1-3,5-8,13H,4,9-12H2. The predicted octanol–water partition coefficient (Wildman–Crippen LogP) is 2.95. The van der Waals surface area contributed by atoms with Gasteiger partial charge in [0.1, 0.15) is 11.6 Å². The van der Waals surface area contributed by atoms with Gasteiger partial charge < -0.3 is 9.80 Å². The summed E-state index contributed by atoms with van der Waals surface area (Å²) < 4.78 is 26.8. The van der Waals surface area contributed by atoms with Gasteiger partial charge in [-0.1, -0.05) is 18.2 Å². The highest BCUT2D eigenvalue weighted by Gasteiger charge is 2.25. The summed E-state index contributed by atoms with van der Waals surface area (Å²) in [6.07, 6.45) is 0.604. The van der Waals surface area contributed by atoms with Gasteiger partial charge in [0.05, 0.1) is 5.56 Å². The Kier molecular flexibility index (Phi) is 5.07. The maximum atomic E-state index is 13.8. The fourth-order valence-electron chi connectivity index (χ4n) is 2.92. The molecule has 0 spiro atoms. The molecule has 1 fully saturated rings. The fraction of sp³-hybridized carbons (Fsp3) is 0.263. The maximum Gasteiger partial charge on any atom is 0.256 e. The lowest BCUT2D eigenvalue weighted by Crippen LogP contribution is -2.37. The Balaban J connectivity index is 1.69. The first-order valence-corrected chi connectivity index (χ1v) is 8.15. The highest BCUT2D eigenvalue weighted by atomic mass is 19.1. The van der Waals surface area contributed by atoms with Gasteiger partial charge in [-0.3, -0.25) is 9.59 Å². The lowest BCUT2D eigenvalue weighted by atomic mass is 10.1. The van der Waals surface area contributed by atoms with Gasteiger partial charge in [0, 0.05) is 37.8 Å². The quantitative estimate of drug-likeness (QED) is 0.840. The van der Waals surface area contributed by atoms with Crippen LogP contribution in [0.25, 0.3) is 0 Å². The third-order valence-corrected chi connectivity index (χ3v) is 4.25. The Hall–Kier alpha value is -2.76. The zero-order chi connectivity index (χ0) is 17.8. The molecule has 1 heterocycles. The number of nitrogens with zero attached hydrogens (tertiary/aromatic N) is 2. The summed E-state index contributed by atoms with van der Waals surface area (Å²) in [4.78, 5) is 28.2. The van der Waals surface area contributed by atoms with Crippen LogP contribution in [0, 0.1) is 11.6 Å². The van der Waals surface area contributed by atoms with Gasteiger partial charge in [-0.2, -0.15) is 0 Å². The highest BCUT2D eigenvalue weighted by molar-refractivity contribution is 5.95. The second-order valence-corrected chi connectivity index (χ2v) is 5.93. The molecule has 25 heavy (non-hydrogen) atoms. The van der Waals surface area contributed by atoms with Crippen molar-refractivity contribution in [1.29, 1.82) is 0 Å². The first-order chi connectivity index (χ1) is 12.1. The summed E-state index contributed by atoms with van der Waals surface area (Å²) >= 11 is 0. The van der Waals surface area contributed by atoms with Crippen LogP contribution in [0.5, 0.6) is 0 Å². The molecule has 0 bridgehead atoms. The summed E-state index contributed by atoms with van der Waals surface area (Å²) in [5, 5.41) is 0. The molecule has 3 rings (SSSR count). The van der Waals surface area contributed by atoms with Crippen LogP contribution in [0.3, 0.4) is 0 Å². The fourth-order valence-corrected chi connectivity index (χ4v) is 2.92. The maximum absolute atomic E-state index is 13.8. The van der Waals surface area contributed by atoms with Crippen LogP contribution in [0.4, 0.5) is 8.78 Å². The molecule has 6 heteroatoms. The molecule has 0 aliphatic carbocycles. The van der Waals surface area contributed by atoms with Crippen LogP contribution < -0.4 is 0 Å². The van der Waals surface area contributed by atoms with E-state index in [2.05, 4.69) is 0 Å². The van der Waals surface area contributed by atoms with Crippen molar-refractivity contribution >= 4 is 11.8 Å². The van der Waals surface area contributed by atoms with Crippen molar-refractivity contribution in [2.75, 3.05) is 26.2 Å². The van der Waals surface area contributed by atoms with E-state index in [1.807, 2.05) is 6.07 Å². The monoisotopic (exact) mass is 344 g/mol. The van der Waals surface area contributed by atoms with E-state index in [4.69, 9.17) is 0 Å². The van der Waals surface area contributed by atoms with Crippen molar-refractivity contribution in [1.82, 2.24) is 9.80 Å². The Morgan fingerprint density at radius 2 is 1.44 bits per heavy atom. The molecule has 0 radical (unpaired) electrons. The topological polar surface area (TPSA) is 40.6 Å². The van der Waals surface area contributed by atoms with Crippen LogP contribution in [0.1, 0.15) is 27.1 Å². The molecule has 0 N–H and O–H groups in total. The normalized spacial score (nSPS) is 15.0. The number of hydrogen-bond acceptors (Lipinski definition) is 2. The summed E-state index contributed by atoms with van der Waals surface area (Å²) in [5.74, 6) is -2.15. The Labute approximate surface area is 144 Å². The second-order valence-electron chi connectivity index (χ2n) is 5.93. The first kappa shape index (κ1) is 17.1. The molecule has 1 aliphatic rings. The molecule has 0 unspecified atom stereocenters. The van der Waals surface area contributed by atoms with Crippen LogP contribution in [-0.4, -0.2) is 47.8 Å². The van der Waals surface area contributed by atoms with Crippen molar-refractivity contribution in [3.63, 3.8) is 0 Å². The lowest BCUT2D eigenvalue weighted by molar-refractivity contribution is 0.0716. The van der Waals surface area contributed by atoms with Crippen molar-refractivity contribution in [2.24, 2.45) is 0 Å². The zero-order valence-corrected chi connectivity index (χ0v) is 13.6. The van der Waals surface area contributed by atoms with E-state index >= 15 is 0 Å². The van der Waals surface area contributed by atoms with Crippen molar-refractivity contribution < 1.29 is 18.4 Å². The van der Waals surface area contributed by atoms with E-state index in [-0.39, 0.29) is 11.5 Å². The second kappa shape index (κ2) is 7.42. The number of hydrogen-bond donors (Lipinski definition) is 0. The van der Waals surface area contributed by atoms with E-state index in [0.29, 0.717) is 44.2 Å². The molecule has 2 amide bonds. The number of carbonyl (C=O) groups is 2. The highest BCUT2D eigenvalue weighted by Crippen LogP contribution is 2.15. The smallest absolute Gasteiger partial charge is 0.256 e. The van der Waals surface area contributed by atoms with Gasteiger partial charge >= 0.3 is 0 Å². The summed E-state index contributed by atoms with van der Waals surface area (Å²) in [7, 11) is 0. The Bertz CT molecular complexity index is 780. The molecule has 2 aromatic carbocycles. The molecular formula is C19H18F2N2O2. The average Bonchev–Trinajstić information content (AvgIpc) is 2.87. The summed E-state index contributed by atoms with van der Waals surface area (Å²) in [5.41, 5.74) is 0.455. The van der Waals surface area contributed by atoms with Gasteiger partial charge in [-0.05, 0) is 30.7 Å². The van der Waals surface area contributed by atoms with Gasteiger partial charge in [-0.25, -0.2) is 8.78 Å². The SMILES string of the molecule is O=C(c1ccccc1)N1CCCN(C(=O)c2ccc(F)cc2F)CC1. The predicted molar refractivity (Wildman–Crippen MR) is 89.2 cm³/mol. The van der Waals surface area contributed by atoms with E-state index in [0.717, 1.165) is 12.1 Å². The zero-order valence-electron chi connectivity index (χ0n) is 13.6. The first-order valence-electron chi connectivity index (χ1n) is 8.15. The molecule has 1 aliphatic heterocycles. The largest absolute Gasteiger partial charge is 0.337 e. The molecule has 4 nitrogen and oxygen atoms in total. The van der Waals surface area contributed by atoms with E-state index < -0.39 is 17.5 Å². The van der Waals surface area contributed by atoms with Crippen molar-refractivity contribution in [3.05, 3.63) is 71.3 Å². The number of rotatable bonds is 2. The minimum atomic E-state index is -0.869. The molecular weight excluding hydrogens is 326 g/mol. The van der Waals surface area contributed by atoms with Crippen LogP contribution >= 0.6 is 0 Å². The number of halogens is 2. The third-order valence-electron chi connectivity index (χ3n) is 4.25. The number of benzene rings is 2. The van der Waals surface area contributed by atoms with Gasteiger partial charge in [-0.15, -0.1) is 0 Å². The van der Waals surface area contributed by atoms with Gasteiger partial charge in [0.2, 0.25) is 0 Å².